The van der Waals surface area contributed by atoms with Crippen molar-refractivity contribution in [1.29, 1.82) is 0 Å². The predicted molar refractivity (Wildman–Crippen MR) is 52.1 cm³/mol. The molecule has 0 N–H and O–H groups in total. The quantitative estimate of drug-likeness (QED) is 0.751. The minimum Gasteiger partial charge on any atom is -0.469 e. The lowest BCUT2D eigenvalue weighted by Gasteiger charge is -2.06. The summed E-state index contributed by atoms with van der Waals surface area (Å²) in [5, 5.41) is 0. The summed E-state index contributed by atoms with van der Waals surface area (Å²) in [5.74, 6) is -0.620. The minimum absolute atomic E-state index is 0.0581. The van der Waals surface area contributed by atoms with Crippen molar-refractivity contribution in [3.8, 4) is 0 Å². The fourth-order valence-corrected chi connectivity index (χ4v) is 1.77. The molecule has 1 aromatic rings. The molecule has 0 aromatic carbocycles. The Bertz CT molecular complexity index is 427. The molecule has 3 nitrogen and oxygen atoms in total. The van der Waals surface area contributed by atoms with Gasteiger partial charge in [0.25, 0.3) is 0 Å². The Morgan fingerprint density at radius 1 is 1.47 bits per heavy atom. The lowest BCUT2D eigenvalue weighted by atomic mass is 10.1. The molecule has 92 valence electrons. The molecule has 0 saturated heterocycles. The first-order chi connectivity index (χ1) is 7.93. The average molecular weight is 245 g/mol. The van der Waals surface area contributed by atoms with Gasteiger partial charge >= 0.3 is 12.1 Å². The third-order valence-corrected chi connectivity index (χ3v) is 2.80. The Hall–Kier alpha value is -1.59. The van der Waals surface area contributed by atoms with Crippen molar-refractivity contribution in [3.05, 3.63) is 29.6 Å². The van der Waals surface area contributed by atoms with Crippen molar-refractivity contribution < 1.29 is 22.7 Å². The van der Waals surface area contributed by atoms with Crippen LogP contribution in [0, 0.1) is 5.92 Å². The van der Waals surface area contributed by atoms with E-state index in [0.29, 0.717) is 12.0 Å². The van der Waals surface area contributed by atoms with E-state index < -0.39 is 11.9 Å². The smallest absolute Gasteiger partial charge is 0.433 e. The van der Waals surface area contributed by atoms with Gasteiger partial charge in [-0.2, -0.15) is 13.2 Å². The van der Waals surface area contributed by atoms with E-state index in [1.807, 2.05) is 0 Å². The topological polar surface area (TPSA) is 39.2 Å². The zero-order chi connectivity index (χ0) is 12.6. The van der Waals surface area contributed by atoms with Gasteiger partial charge in [0.15, 0.2) is 0 Å². The van der Waals surface area contributed by atoms with E-state index in [9.17, 15) is 18.0 Å². The second-order valence-electron chi connectivity index (χ2n) is 3.95. The molecule has 17 heavy (non-hydrogen) atoms. The fourth-order valence-electron chi connectivity index (χ4n) is 1.77. The number of carbonyl (C=O) groups excluding carboxylic acids is 1. The van der Waals surface area contributed by atoms with Gasteiger partial charge in [-0.05, 0) is 24.0 Å². The fraction of sp³-hybridized carbons (Fsp3) is 0.455. The first-order valence-electron chi connectivity index (χ1n) is 5.04. The van der Waals surface area contributed by atoms with Gasteiger partial charge in [-0.3, -0.25) is 9.78 Å². The summed E-state index contributed by atoms with van der Waals surface area (Å²) in [6.07, 6.45) is -2.64. The van der Waals surface area contributed by atoms with Gasteiger partial charge < -0.3 is 4.74 Å². The number of rotatable bonds is 2. The number of halogens is 3. The van der Waals surface area contributed by atoms with Gasteiger partial charge in [0.2, 0.25) is 0 Å². The highest BCUT2D eigenvalue weighted by molar-refractivity contribution is 5.77. The second kappa shape index (κ2) is 4.01. The van der Waals surface area contributed by atoms with Crippen LogP contribution in [0.4, 0.5) is 13.2 Å². The molecule has 1 saturated carbocycles. The van der Waals surface area contributed by atoms with Crippen LogP contribution in [0.5, 0.6) is 0 Å². The molecule has 0 spiro atoms. The number of hydrogen-bond acceptors (Lipinski definition) is 3. The zero-order valence-corrected chi connectivity index (χ0v) is 8.99. The second-order valence-corrected chi connectivity index (χ2v) is 3.95. The molecule has 0 radical (unpaired) electrons. The monoisotopic (exact) mass is 245 g/mol. The zero-order valence-electron chi connectivity index (χ0n) is 8.99. The van der Waals surface area contributed by atoms with E-state index in [0.717, 1.165) is 6.07 Å². The van der Waals surface area contributed by atoms with Crippen LogP contribution < -0.4 is 0 Å². The predicted octanol–water partition coefficient (Wildman–Crippen LogP) is 2.38. The number of pyridine rings is 1. The van der Waals surface area contributed by atoms with Gasteiger partial charge in [0.1, 0.15) is 5.69 Å². The molecule has 2 rings (SSSR count). The van der Waals surface area contributed by atoms with E-state index in [4.69, 9.17) is 0 Å². The molecule has 6 heteroatoms. The van der Waals surface area contributed by atoms with Crippen molar-refractivity contribution in [1.82, 2.24) is 4.98 Å². The van der Waals surface area contributed by atoms with Crippen LogP contribution >= 0.6 is 0 Å². The number of alkyl halides is 3. The van der Waals surface area contributed by atoms with Gasteiger partial charge in [0.05, 0.1) is 13.0 Å². The molecular weight excluding hydrogens is 235 g/mol. The highest BCUT2D eigenvalue weighted by Gasteiger charge is 2.45. The van der Waals surface area contributed by atoms with E-state index >= 15 is 0 Å². The van der Waals surface area contributed by atoms with Crippen molar-refractivity contribution in [3.63, 3.8) is 0 Å². The van der Waals surface area contributed by atoms with Crippen LogP contribution in [0.25, 0.3) is 0 Å². The molecule has 0 bridgehead atoms. The molecule has 0 aliphatic heterocycles. The van der Waals surface area contributed by atoms with Gasteiger partial charge in [0, 0.05) is 6.20 Å². The number of ether oxygens (including phenoxy) is 1. The molecule has 0 unspecified atom stereocenters. The van der Waals surface area contributed by atoms with Crippen molar-refractivity contribution in [2.75, 3.05) is 7.11 Å². The van der Waals surface area contributed by atoms with Gasteiger partial charge in [-0.1, -0.05) is 6.07 Å². The molecule has 1 heterocycles. The minimum atomic E-state index is -4.43. The highest BCUT2D eigenvalue weighted by Crippen LogP contribution is 2.48. The number of aromatic nitrogens is 1. The average Bonchev–Trinajstić information content (AvgIpc) is 3.07. The number of hydrogen-bond donors (Lipinski definition) is 0. The Morgan fingerprint density at radius 3 is 2.65 bits per heavy atom. The maximum atomic E-state index is 12.3. The molecule has 2 atom stereocenters. The maximum absolute atomic E-state index is 12.3. The number of nitrogens with zero attached hydrogens (tertiary/aromatic N) is 1. The summed E-state index contributed by atoms with van der Waals surface area (Å²) in [6, 6.07) is 2.30. The summed E-state index contributed by atoms with van der Waals surface area (Å²) < 4.78 is 41.3. The molecule has 1 aliphatic carbocycles. The SMILES string of the molecule is COC(=O)[C@H]1C[C@@H]1c1ccc(C(F)(F)F)nc1. The van der Waals surface area contributed by atoms with E-state index in [-0.39, 0.29) is 17.8 Å². The number of esters is 1. The Kier molecular flexibility index (Phi) is 2.81. The summed E-state index contributed by atoms with van der Waals surface area (Å²) in [4.78, 5) is 14.5. The molecule has 1 fully saturated rings. The lowest BCUT2D eigenvalue weighted by molar-refractivity contribution is -0.142. The third-order valence-electron chi connectivity index (χ3n) is 2.80. The Morgan fingerprint density at radius 2 is 2.18 bits per heavy atom. The Labute approximate surface area is 95.6 Å². The van der Waals surface area contributed by atoms with E-state index in [1.54, 1.807) is 0 Å². The third kappa shape index (κ3) is 2.40. The van der Waals surface area contributed by atoms with Crippen LogP contribution in [0.1, 0.15) is 23.6 Å². The molecule has 1 aliphatic rings. The van der Waals surface area contributed by atoms with Crippen LogP contribution in [-0.4, -0.2) is 18.1 Å². The van der Waals surface area contributed by atoms with Crippen LogP contribution in [0.15, 0.2) is 18.3 Å². The van der Waals surface area contributed by atoms with Gasteiger partial charge in [-0.15, -0.1) is 0 Å². The largest absolute Gasteiger partial charge is 0.469 e. The van der Waals surface area contributed by atoms with Crippen molar-refractivity contribution in [2.45, 2.75) is 18.5 Å². The number of carbonyl (C=O) groups is 1. The summed E-state index contributed by atoms with van der Waals surface area (Å²) in [5.41, 5.74) is -0.273. The first kappa shape index (κ1) is 11.9. The van der Waals surface area contributed by atoms with Crippen LogP contribution in [0.2, 0.25) is 0 Å². The Balaban J connectivity index is 2.08. The summed E-state index contributed by atoms with van der Waals surface area (Å²) >= 11 is 0. The maximum Gasteiger partial charge on any atom is 0.433 e. The molecular formula is C11H10F3NO2. The van der Waals surface area contributed by atoms with Crippen LogP contribution in [0.3, 0.4) is 0 Å². The molecule has 0 amide bonds. The van der Waals surface area contributed by atoms with Crippen molar-refractivity contribution in [2.24, 2.45) is 5.92 Å². The van der Waals surface area contributed by atoms with E-state index in [1.165, 1.54) is 19.4 Å². The highest BCUT2D eigenvalue weighted by atomic mass is 19.4. The van der Waals surface area contributed by atoms with E-state index in [2.05, 4.69) is 9.72 Å². The summed E-state index contributed by atoms with van der Waals surface area (Å²) in [7, 11) is 1.29. The molecule has 1 aromatic heterocycles. The normalized spacial score (nSPS) is 23.3. The number of methoxy groups -OCH3 is 1. The van der Waals surface area contributed by atoms with Gasteiger partial charge in [-0.25, -0.2) is 0 Å². The van der Waals surface area contributed by atoms with Crippen LogP contribution in [-0.2, 0) is 15.7 Å². The van der Waals surface area contributed by atoms with Crippen molar-refractivity contribution >= 4 is 5.97 Å². The standard InChI is InChI=1S/C11H10F3NO2/c1-17-10(16)8-4-7(8)6-2-3-9(15-5-6)11(12,13)14/h2-3,5,7-8H,4H2,1H3/t7-,8+/m1/s1. The summed E-state index contributed by atoms with van der Waals surface area (Å²) in [6.45, 7) is 0. The lowest BCUT2D eigenvalue weighted by Crippen LogP contribution is -2.08. The first-order valence-corrected chi connectivity index (χ1v) is 5.04.